The van der Waals surface area contributed by atoms with Gasteiger partial charge in [-0.1, -0.05) is 49.5 Å². The van der Waals surface area contributed by atoms with E-state index in [2.05, 4.69) is 47.8 Å². The average Bonchev–Trinajstić information content (AvgIpc) is 2.36. The highest BCUT2D eigenvalue weighted by molar-refractivity contribution is 9.11. The third kappa shape index (κ3) is 3.72. The normalized spacial score (nSPS) is 10.6. The van der Waals surface area contributed by atoms with Crippen LogP contribution < -0.4 is 4.74 Å². The maximum atomic E-state index is 13.4. The lowest BCUT2D eigenvalue weighted by molar-refractivity contribution is 0.473. The summed E-state index contributed by atoms with van der Waals surface area (Å²) in [5.74, 6) is 0.468. The lowest BCUT2D eigenvalue weighted by Gasteiger charge is -2.10. The van der Waals surface area contributed by atoms with E-state index in [9.17, 15) is 4.39 Å². The second-order valence-corrected chi connectivity index (χ2v) is 6.36. The molecule has 0 amide bonds. The number of rotatable bonds is 3. The smallest absolute Gasteiger partial charge is 0.145 e. The van der Waals surface area contributed by atoms with Crippen molar-refractivity contribution >= 4 is 59.4 Å². The van der Waals surface area contributed by atoms with Gasteiger partial charge in [-0.3, -0.25) is 0 Å². The molecule has 0 unspecified atom stereocenters. The number of hydrogen-bond donors (Lipinski definition) is 0. The fourth-order valence-electron chi connectivity index (χ4n) is 1.41. The highest BCUT2D eigenvalue weighted by atomic mass is 79.9. The van der Waals surface area contributed by atoms with Gasteiger partial charge in [-0.25, -0.2) is 4.39 Å². The fourth-order valence-corrected chi connectivity index (χ4v) is 3.49. The van der Waals surface area contributed by atoms with Gasteiger partial charge in [0.05, 0.1) is 9.50 Å². The van der Waals surface area contributed by atoms with Crippen LogP contribution in [0.5, 0.6) is 11.5 Å². The Hall–Kier alpha value is -0.100. The first kappa shape index (κ1) is 15.3. The zero-order valence-corrected chi connectivity index (χ0v) is 14.9. The van der Waals surface area contributed by atoms with Crippen LogP contribution in [0, 0.1) is 5.82 Å². The van der Waals surface area contributed by atoms with Gasteiger partial charge < -0.3 is 4.74 Å². The molecule has 0 saturated heterocycles. The minimum absolute atomic E-state index is 0.0510. The van der Waals surface area contributed by atoms with Gasteiger partial charge in [-0.05, 0) is 39.7 Å². The predicted octanol–water partition coefficient (Wildman–Crippen LogP) is 6.69. The van der Waals surface area contributed by atoms with Crippen LogP contribution in [0.25, 0.3) is 0 Å². The molecule has 0 fully saturated rings. The molecule has 0 aliphatic carbocycles. The van der Waals surface area contributed by atoms with Crippen molar-refractivity contribution < 1.29 is 9.13 Å². The summed E-state index contributed by atoms with van der Waals surface area (Å²) in [5.41, 5.74) is 1.11. The summed E-state index contributed by atoms with van der Waals surface area (Å²) in [6.07, 6.45) is 0. The third-order valence-corrected chi connectivity index (χ3v) is 4.62. The van der Waals surface area contributed by atoms with E-state index < -0.39 is 5.82 Å². The first-order valence-electron chi connectivity index (χ1n) is 5.18. The molecule has 0 spiro atoms. The molecule has 1 nitrogen and oxygen atoms in total. The van der Waals surface area contributed by atoms with Gasteiger partial charge in [0.25, 0.3) is 0 Å². The van der Waals surface area contributed by atoms with E-state index in [-0.39, 0.29) is 5.02 Å². The van der Waals surface area contributed by atoms with Crippen molar-refractivity contribution in [1.29, 1.82) is 0 Å². The maximum absolute atomic E-state index is 13.4. The molecule has 100 valence electrons. The summed E-state index contributed by atoms with van der Waals surface area (Å²) in [6.45, 7) is 0. The molecular weight excluding hydrogens is 466 g/mol. The van der Waals surface area contributed by atoms with Crippen molar-refractivity contribution in [3.8, 4) is 11.5 Å². The van der Waals surface area contributed by atoms with Crippen molar-refractivity contribution in [3.05, 3.63) is 55.7 Å². The summed E-state index contributed by atoms with van der Waals surface area (Å²) in [5, 5.41) is 0.794. The molecule has 0 aromatic heterocycles. The molecule has 0 radical (unpaired) electrons. The first-order valence-corrected chi connectivity index (χ1v) is 8.26. The van der Waals surface area contributed by atoms with E-state index >= 15 is 0 Å². The van der Waals surface area contributed by atoms with Crippen molar-refractivity contribution in [1.82, 2.24) is 0 Å². The summed E-state index contributed by atoms with van der Waals surface area (Å²) < 4.78 is 20.6. The van der Waals surface area contributed by atoms with Gasteiger partial charge in [-0.2, -0.15) is 0 Å². The number of alkyl halides is 1. The van der Waals surface area contributed by atoms with Gasteiger partial charge in [0.1, 0.15) is 17.3 Å². The van der Waals surface area contributed by atoms with Gasteiger partial charge >= 0.3 is 0 Å². The first-order chi connectivity index (χ1) is 9.01. The SMILES string of the molecule is Fc1cc(Oc2ccc(CBr)c(Br)c2)c(Br)cc1Cl. The minimum atomic E-state index is -0.518. The van der Waals surface area contributed by atoms with Gasteiger partial charge in [0.15, 0.2) is 0 Å². The Bertz CT molecular complexity index is 619. The van der Waals surface area contributed by atoms with E-state index in [0.717, 1.165) is 15.4 Å². The van der Waals surface area contributed by atoms with E-state index in [1.807, 2.05) is 18.2 Å². The molecule has 0 heterocycles. The minimum Gasteiger partial charge on any atom is -0.456 e. The zero-order chi connectivity index (χ0) is 14.0. The zero-order valence-electron chi connectivity index (χ0n) is 9.39. The lowest BCUT2D eigenvalue weighted by Crippen LogP contribution is -1.89. The van der Waals surface area contributed by atoms with Crippen LogP contribution in [0.3, 0.4) is 0 Å². The lowest BCUT2D eigenvalue weighted by atomic mass is 10.2. The van der Waals surface area contributed by atoms with E-state index in [1.54, 1.807) is 0 Å². The van der Waals surface area contributed by atoms with Gasteiger partial charge in [-0.15, -0.1) is 0 Å². The van der Waals surface area contributed by atoms with Crippen molar-refractivity contribution in [3.63, 3.8) is 0 Å². The molecule has 0 saturated carbocycles. The summed E-state index contributed by atoms with van der Waals surface area (Å²) in [4.78, 5) is 0. The Morgan fingerprint density at radius 3 is 2.47 bits per heavy atom. The fraction of sp³-hybridized carbons (Fsp3) is 0.0769. The second-order valence-electron chi connectivity index (χ2n) is 3.69. The van der Waals surface area contributed by atoms with Gasteiger partial charge in [0.2, 0.25) is 0 Å². The number of halogens is 5. The third-order valence-electron chi connectivity index (χ3n) is 2.37. The van der Waals surface area contributed by atoms with Crippen LogP contribution in [0.4, 0.5) is 4.39 Å². The molecular formula is C13H7Br3ClFO. The highest BCUT2D eigenvalue weighted by Gasteiger charge is 2.09. The molecule has 0 aliphatic rings. The Morgan fingerprint density at radius 2 is 1.84 bits per heavy atom. The van der Waals surface area contributed by atoms with Crippen LogP contribution >= 0.6 is 59.4 Å². The van der Waals surface area contributed by atoms with E-state index in [1.165, 1.54) is 12.1 Å². The molecule has 6 heteroatoms. The van der Waals surface area contributed by atoms with Crippen molar-refractivity contribution in [2.45, 2.75) is 5.33 Å². The molecule has 0 aliphatic heterocycles. The summed E-state index contributed by atoms with van der Waals surface area (Å²) >= 11 is 15.8. The molecule has 2 rings (SSSR count). The predicted molar refractivity (Wildman–Crippen MR) is 86.0 cm³/mol. The molecule has 2 aromatic carbocycles. The Balaban J connectivity index is 2.31. The molecule has 19 heavy (non-hydrogen) atoms. The summed E-state index contributed by atoms with van der Waals surface area (Å²) in [7, 11) is 0. The van der Waals surface area contributed by atoms with E-state index in [4.69, 9.17) is 16.3 Å². The number of ether oxygens (including phenoxy) is 1. The molecule has 0 bridgehead atoms. The van der Waals surface area contributed by atoms with Gasteiger partial charge in [0, 0.05) is 15.9 Å². The number of benzene rings is 2. The van der Waals surface area contributed by atoms with Crippen LogP contribution in [0.2, 0.25) is 5.02 Å². The molecule has 2 aromatic rings. The summed E-state index contributed by atoms with van der Waals surface area (Å²) in [6, 6.07) is 8.29. The van der Waals surface area contributed by atoms with E-state index in [0.29, 0.717) is 16.0 Å². The molecule has 0 atom stereocenters. The molecule has 0 N–H and O–H groups in total. The highest BCUT2D eigenvalue weighted by Crippen LogP contribution is 2.35. The van der Waals surface area contributed by atoms with Crippen LogP contribution in [-0.4, -0.2) is 0 Å². The van der Waals surface area contributed by atoms with Crippen LogP contribution in [0.1, 0.15) is 5.56 Å². The quantitative estimate of drug-likeness (QED) is 0.357. The Kier molecular flexibility index (Phi) is 5.29. The second kappa shape index (κ2) is 6.57. The van der Waals surface area contributed by atoms with Crippen LogP contribution in [0.15, 0.2) is 39.3 Å². The maximum Gasteiger partial charge on any atom is 0.145 e. The topological polar surface area (TPSA) is 9.23 Å². The largest absolute Gasteiger partial charge is 0.456 e. The standard InChI is InChI=1S/C13H7Br3ClFO/c14-6-7-1-2-8(3-9(7)15)19-13-5-12(18)11(17)4-10(13)16/h1-5H,6H2. The van der Waals surface area contributed by atoms with Crippen molar-refractivity contribution in [2.24, 2.45) is 0 Å². The Labute approximate surface area is 140 Å². The number of hydrogen-bond acceptors (Lipinski definition) is 1. The monoisotopic (exact) mass is 470 g/mol. The van der Waals surface area contributed by atoms with Crippen LogP contribution in [-0.2, 0) is 5.33 Å². The average molecular weight is 473 g/mol. The Morgan fingerprint density at radius 1 is 1.11 bits per heavy atom. The van der Waals surface area contributed by atoms with Crippen molar-refractivity contribution in [2.75, 3.05) is 0 Å².